The predicted octanol–water partition coefficient (Wildman–Crippen LogP) is 4.07. The average molecular weight is 366 g/mol. The molecule has 1 atom stereocenters. The summed E-state index contributed by atoms with van der Waals surface area (Å²) < 4.78 is 44.2. The number of alkyl carbamates (subject to hydrolysis) is 1. The molecule has 0 heterocycles. The quantitative estimate of drug-likeness (QED) is 0.597. The van der Waals surface area contributed by atoms with Gasteiger partial charge < -0.3 is 10.1 Å². The lowest BCUT2D eigenvalue weighted by Crippen LogP contribution is -2.46. The standard InChI is InChI=1S/C18H17F3N2O3/c1-2-26-17(25)23-16(15(24)12-8-4-3-5-9-12)22-14-11-7-6-10-13(14)18(19,20)21/h3-11,16,22H,2H2,1H3,(H,23,25). The highest BCUT2D eigenvalue weighted by molar-refractivity contribution is 6.02. The molecule has 2 rings (SSSR count). The summed E-state index contributed by atoms with van der Waals surface area (Å²) in [5.74, 6) is -0.601. The topological polar surface area (TPSA) is 67.4 Å². The number of hydrogen-bond donors (Lipinski definition) is 2. The van der Waals surface area contributed by atoms with Gasteiger partial charge in [-0.3, -0.25) is 10.1 Å². The SMILES string of the molecule is CCOC(=O)NC(Nc1ccccc1C(F)(F)F)C(=O)c1ccccc1. The summed E-state index contributed by atoms with van der Waals surface area (Å²) in [4.78, 5) is 24.3. The molecular formula is C18H17F3N2O3. The summed E-state index contributed by atoms with van der Waals surface area (Å²) in [6.45, 7) is 1.62. The molecule has 0 fully saturated rings. The van der Waals surface area contributed by atoms with E-state index in [0.29, 0.717) is 0 Å². The molecule has 26 heavy (non-hydrogen) atoms. The van der Waals surface area contributed by atoms with Crippen molar-refractivity contribution in [3.05, 3.63) is 65.7 Å². The Morgan fingerprint density at radius 3 is 2.27 bits per heavy atom. The molecule has 138 valence electrons. The minimum Gasteiger partial charge on any atom is -0.450 e. The molecule has 1 amide bonds. The summed E-state index contributed by atoms with van der Waals surface area (Å²) >= 11 is 0. The van der Waals surface area contributed by atoms with Crippen LogP contribution in [0.15, 0.2) is 54.6 Å². The molecule has 0 spiro atoms. The molecule has 0 saturated heterocycles. The van der Waals surface area contributed by atoms with Crippen LogP contribution in [0.4, 0.5) is 23.7 Å². The number of ketones is 1. The maximum absolute atomic E-state index is 13.2. The molecule has 0 aliphatic rings. The Bertz CT molecular complexity index is 764. The predicted molar refractivity (Wildman–Crippen MR) is 89.8 cm³/mol. The van der Waals surface area contributed by atoms with Crippen molar-refractivity contribution in [3.63, 3.8) is 0 Å². The van der Waals surface area contributed by atoms with E-state index in [1.807, 2.05) is 0 Å². The molecule has 2 aromatic rings. The molecule has 0 aliphatic heterocycles. The normalized spacial score (nSPS) is 12.2. The van der Waals surface area contributed by atoms with Gasteiger partial charge in [0.15, 0.2) is 6.17 Å². The maximum Gasteiger partial charge on any atom is 0.418 e. The highest BCUT2D eigenvalue weighted by Crippen LogP contribution is 2.34. The number of para-hydroxylation sites is 1. The summed E-state index contributed by atoms with van der Waals surface area (Å²) in [7, 11) is 0. The first kappa shape index (κ1) is 19.3. The number of nitrogens with one attached hydrogen (secondary N) is 2. The second kappa shape index (κ2) is 8.37. The molecule has 2 aromatic carbocycles. The number of alkyl halides is 3. The highest BCUT2D eigenvalue weighted by Gasteiger charge is 2.34. The van der Waals surface area contributed by atoms with E-state index >= 15 is 0 Å². The van der Waals surface area contributed by atoms with Crippen molar-refractivity contribution in [2.24, 2.45) is 0 Å². The Balaban J connectivity index is 2.33. The number of amides is 1. The molecule has 2 N–H and O–H groups in total. The van der Waals surface area contributed by atoms with Crippen molar-refractivity contribution in [1.29, 1.82) is 0 Å². The first-order valence-corrected chi connectivity index (χ1v) is 7.78. The van der Waals surface area contributed by atoms with Crippen LogP contribution in [0.2, 0.25) is 0 Å². The first-order chi connectivity index (χ1) is 12.3. The van der Waals surface area contributed by atoms with E-state index in [1.165, 1.54) is 30.3 Å². The monoisotopic (exact) mass is 366 g/mol. The molecule has 0 aliphatic carbocycles. The minimum absolute atomic E-state index is 0.0528. The van der Waals surface area contributed by atoms with Crippen molar-refractivity contribution in [3.8, 4) is 0 Å². The second-order valence-corrected chi connectivity index (χ2v) is 5.22. The van der Waals surface area contributed by atoms with E-state index < -0.39 is 29.8 Å². The zero-order valence-electron chi connectivity index (χ0n) is 13.8. The van der Waals surface area contributed by atoms with E-state index in [0.717, 1.165) is 6.07 Å². The van der Waals surface area contributed by atoms with Gasteiger partial charge in [0, 0.05) is 11.3 Å². The zero-order valence-corrected chi connectivity index (χ0v) is 13.8. The minimum atomic E-state index is -4.62. The fourth-order valence-corrected chi connectivity index (χ4v) is 2.24. The number of halogens is 3. The average Bonchev–Trinajstić information content (AvgIpc) is 2.61. The zero-order chi connectivity index (χ0) is 19.2. The molecule has 0 radical (unpaired) electrons. The van der Waals surface area contributed by atoms with Gasteiger partial charge in [0.05, 0.1) is 12.2 Å². The summed E-state index contributed by atoms with van der Waals surface area (Å²) in [5, 5.41) is 4.71. The Kier molecular flexibility index (Phi) is 6.21. The summed E-state index contributed by atoms with van der Waals surface area (Å²) in [5.41, 5.74) is -1.05. The van der Waals surface area contributed by atoms with E-state index in [2.05, 4.69) is 10.6 Å². The Morgan fingerprint density at radius 2 is 1.65 bits per heavy atom. The van der Waals surface area contributed by atoms with Crippen molar-refractivity contribution >= 4 is 17.6 Å². The van der Waals surface area contributed by atoms with Crippen LogP contribution >= 0.6 is 0 Å². The van der Waals surface area contributed by atoms with Gasteiger partial charge in [0.2, 0.25) is 5.78 Å². The van der Waals surface area contributed by atoms with Crippen molar-refractivity contribution in [1.82, 2.24) is 5.32 Å². The molecule has 0 saturated carbocycles. The van der Waals surface area contributed by atoms with Crippen molar-refractivity contribution in [2.75, 3.05) is 11.9 Å². The number of hydrogen-bond acceptors (Lipinski definition) is 4. The number of benzene rings is 2. The largest absolute Gasteiger partial charge is 0.450 e. The molecule has 0 bridgehead atoms. The lowest BCUT2D eigenvalue weighted by Gasteiger charge is -2.22. The second-order valence-electron chi connectivity index (χ2n) is 5.22. The Morgan fingerprint density at radius 1 is 1.04 bits per heavy atom. The van der Waals surface area contributed by atoms with Crippen LogP contribution in [0, 0.1) is 0 Å². The fraction of sp³-hybridized carbons (Fsp3) is 0.222. The van der Waals surface area contributed by atoms with Gasteiger partial charge in [-0.1, -0.05) is 42.5 Å². The maximum atomic E-state index is 13.2. The third-order valence-electron chi connectivity index (χ3n) is 3.39. The smallest absolute Gasteiger partial charge is 0.418 e. The van der Waals surface area contributed by atoms with Crippen LogP contribution < -0.4 is 10.6 Å². The molecule has 0 aromatic heterocycles. The fourth-order valence-electron chi connectivity index (χ4n) is 2.24. The van der Waals surface area contributed by atoms with Crippen LogP contribution in [0.3, 0.4) is 0 Å². The van der Waals surface area contributed by atoms with Gasteiger partial charge in [-0.15, -0.1) is 0 Å². The lowest BCUT2D eigenvalue weighted by atomic mass is 10.1. The van der Waals surface area contributed by atoms with Gasteiger partial charge in [-0.25, -0.2) is 4.79 Å². The van der Waals surface area contributed by atoms with Crippen molar-refractivity contribution in [2.45, 2.75) is 19.3 Å². The number of Topliss-reactive ketones (excluding diaryl/α,β-unsaturated/α-hetero) is 1. The lowest BCUT2D eigenvalue weighted by molar-refractivity contribution is -0.137. The molecule has 5 nitrogen and oxygen atoms in total. The van der Waals surface area contributed by atoms with E-state index in [4.69, 9.17) is 4.74 Å². The van der Waals surface area contributed by atoms with E-state index in [9.17, 15) is 22.8 Å². The van der Waals surface area contributed by atoms with Gasteiger partial charge in [-0.05, 0) is 19.1 Å². The van der Waals surface area contributed by atoms with Crippen LogP contribution in [0.1, 0.15) is 22.8 Å². The third kappa shape index (κ3) is 4.98. The first-order valence-electron chi connectivity index (χ1n) is 7.78. The number of rotatable bonds is 6. The summed E-state index contributed by atoms with van der Waals surface area (Å²) in [6, 6.07) is 12.6. The van der Waals surface area contributed by atoms with E-state index in [1.54, 1.807) is 25.1 Å². The van der Waals surface area contributed by atoms with Crippen LogP contribution in [-0.4, -0.2) is 24.6 Å². The van der Waals surface area contributed by atoms with E-state index in [-0.39, 0.29) is 17.9 Å². The van der Waals surface area contributed by atoms with Gasteiger partial charge >= 0.3 is 12.3 Å². The number of carbonyl (C=O) groups excluding carboxylic acids is 2. The Hall–Kier alpha value is -3.03. The number of carbonyl (C=O) groups is 2. The van der Waals surface area contributed by atoms with Gasteiger partial charge in [-0.2, -0.15) is 13.2 Å². The highest BCUT2D eigenvalue weighted by atomic mass is 19.4. The van der Waals surface area contributed by atoms with Gasteiger partial charge in [0.25, 0.3) is 0 Å². The third-order valence-corrected chi connectivity index (χ3v) is 3.39. The van der Waals surface area contributed by atoms with Gasteiger partial charge in [0.1, 0.15) is 0 Å². The van der Waals surface area contributed by atoms with Crippen molar-refractivity contribution < 1.29 is 27.5 Å². The molecular weight excluding hydrogens is 349 g/mol. The van der Waals surface area contributed by atoms with Crippen LogP contribution in [-0.2, 0) is 10.9 Å². The van der Waals surface area contributed by atoms with Crippen LogP contribution in [0.5, 0.6) is 0 Å². The number of anilines is 1. The number of ether oxygens (including phenoxy) is 1. The van der Waals surface area contributed by atoms with Crippen LogP contribution in [0.25, 0.3) is 0 Å². The Labute approximate surface area is 148 Å². The molecule has 1 unspecified atom stereocenters. The summed E-state index contributed by atoms with van der Waals surface area (Å²) in [6.07, 6.45) is -6.97. The molecule has 8 heteroatoms.